The molecule has 0 amide bonds. The van der Waals surface area contributed by atoms with Gasteiger partial charge in [-0.05, 0) is 6.42 Å². The van der Waals surface area contributed by atoms with E-state index in [1.165, 1.54) is 0 Å². The van der Waals surface area contributed by atoms with Gasteiger partial charge in [0.05, 0.1) is 18.1 Å². The van der Waals surface area contributed by atoms with E-state index in [4.69, 9.17) is 5.11 Å². The number of rotatable bonds is 3. The van der Waals surface area contributed by atoms with E-state index in [0.29, 0.717) is 6.42 Å². The van der Waals surface area contributed by atoms with Crippen molar-refractivity contribution in [3.8, 4) is 0 Å². The fraction of sp³-hybridized carbons (Fsp3) is 0.600. The fourth-order valence-corrected chi connectivity index (χ4v) is 2.05. The van der Waals surface area contributed by atoms with E-state index >= 15 is 0 Å². The maximum absolute atomic E-state index is 10.9. The molecule has 0 bridgehead atoms. The Bertz CT molecular complexity index is 361. The van der Waals surface area contributed by atoms with Crippen molar-refractivity contribution in [3.05, 3.63) is 17.7 Å². The number of nitrogens with one attached hydrogen (secondary N) is 2. The first-order valence-electron chi connectivity index (χ1n) is 5.23. The first-order chi connectivity index (χ1) is 7.22. The average Bonchev–Trinajstić information content (AvgIpc) is 2.65. The number of fused-ring (bicyclic) bond motifs is 1. The topological polar surface area (TPSA) is 78.0 Å². The van der Waals surface area contributed by atoms with E-state index in [2.05, 4.69) is 22.2 Å². The Kier molecular flexibility index (Phi) is 2.73. The van der Waals surface area contributed by atoms with Crippen LogP contribution >= 0.6 is 0 Å². The second-order valence-electron chi connectivity index (χ2n) is 3.87. The van der Waals surface area contributed by atoms with Gasteiger partial charge in [-0.1, -0.05) is 13.3 Å². The summed E-state index contributed by atoms with van der Waals surface area (Å²) in [6.45, 7) is 2.08. The van der Waals surface area contributed by atoms with E-state index in [1.807, 2.05) is 0 Å². The molecule has 1 aliphatic heterocycles. The van der Waals surface area contributed by atoms with Crippen LogP contribution in [0.3, 0.4) is 0 Å². The molecular weight excluding hydrogens is 194 g/mol. The first-order valence-corrected chi connectivity index (χ1v) is 5.23. The lowest BCUT2D eigenvalue weighted by Gasteiger charge is -2.27. The minimum atomic E-state index is -0.795. The summed E-state index contributed by atoms with van der Waals surface area (Å²) in [6.07, 6.45) is 4.06. The molecular formula is C10H15N3O2. The lowest BCUT2D eigenvalue weighted by molar-refractivity contribution is -0.139. The minimum Gasteiger partial charge on any atom is -0.480 e. The van der Waals surface area contributed by atoms with Gasteiger partial charge in [-0.25, -0.2) is 4.98 Å². The lowest BCUT2D eigenvalue weighted by atomic mass is 9.96. The number of nitrogens with zero attached hydrogens (tertiary/aromatic N) is 1. The van der Waals surface area contributed by atoms with Crippen LogP contribution in [-0.4, -0.2) is 27.1 Å². The third-order valence-corrected chi connectivity index (χ3v) is 2.77. The molecule has 1 aromatic heterocycles. The molecule has 0 fully saturated rings. The van der Waals surface area contributed by atoms with Gasteiger partial charge in [0.2, 0.25) is 0 Å². The smallest absolute Gasteiger partial charge is 0.321 e. The maximum atomic E-state index is 10.9. The number of hydrogen-bond donors (Lipinski definition) is 3. The van der Waals surface area contributed by atoms with Crippen LogP contribution in [0.15, 0.2) is 6.33 Å². The molecule has 0 aliphatic carbocycles. The van der Waals surface area contributed by atoms with Crippen LogP contribution in [0.1, 0.15) is 37.2 Å². The molecule has 0 spiro atoms. The maximum Gasteiger partial charge on any atom is 0.321 e. The van der Waals surface area contributed by atoms with Gasteiger partial charge < -0.3 is 10.1 Å². The lowest BCUT2D eigenvalue weighted by Crippen LogP contribution is -2.44. The van der Waals surface area contributed by atoms with E-state index in [-0.39, 0.29) is 6.04 Å². The summed E-state index contributed by atoms with van der Waals surface area (Å²) < 4.78 is 0. The largest absolute Gasteiger partial charge is 0.480 e. The summed E-state index contributed by atoms with van der Waals surface area (Å²) in [6, 6.07) is -0.416. The number of imidazole rings is 1. The van der Waals surface area contributed by atoms with Crippen molar-refractivity contribution in [1.82, 2.24) is 15.3 Å². The van der Waals surface area contributed by atoms with Crippen molar-refractivity contribution in [2.45, 2.75) is 38.3 Å². The summed E-state index contributed by atoms with van der Waals surface area (Å²) in [4.78, 5) is 18.2. The van der Waals surface area contributed by atoms with Gasteiger partial charge in [-0.3, -0.25) is 10.1 Å². The highest BCUT2D eigenvalue weighted by atomic mass is 16.4. The second-order valence-corrected chi connectivity index (χ2v) is 3.87. The molecule has 0 radical (unpaired) electrons. The predicted octanol–water partition coefficient (Wildman–Crippen LogP) is 0.850. The van der Waals surface area contributed by atoms with Crippen molar-refractivity contribution in [1.29, 1.82) is 0 Å². The Balaban J connectivity index is 2.23. The van der Waals surface area contributed by atoms with Gasteiger partial charge >= 0.3 is 5.97 Å². The molecule has 5 heteroatoms. The third kappa shape index (κ3) is 1.87. The molecule has 1 unspecified atom stereocenters. The normalized spacial score (nSPS) is 24.9. The first kappa shape index (κ1) is 10.2. The van der Waals surface area contributed by atoms with E-state index in [0.717, 1.165) is 24.2 Å². The predicted molar refractivity (Wildman–Crippen MR) is 54.5 cm³/mol. The van der Waals surface area contributed by atoms with Gasteiger partial charge in [0, 0.05) is 12.1 Å². The molecule has 15 heavy (non-hydrogen) atoms. The highest BCUT2D eigenvalue weighted by molar-refractivity contribution is 5.74. The second kappa shape index (κ2) is 4.02. The number of H-pyrrole nitrogens is 1. The minimum absolute atomic E-state index is 0.0751. The Morgan fingerprint density at radius 2 is 2.53 bits per heavy atom. The van der Waals surface area contributed by atoms with Crippen LogP contribution in [0, 0.1) is 0 Å². The monoisotopic (exact) mass is 209 g/mol. The van der Waals surface area contributed by atoms with E-state index < -0.39 is 12.0 Å². The number of aromatic amines is 1. The molecule has 2 rings (SSSR count). The zero-order chi connectivity index (χ0) is 10.8. The Labute approximate surface area is 87.9 Å². The SMILES string of the molecule is CCCC1N[C@@H](C(=O)O)Cc2[nH]cnc21. The number of aliphatic carboxylic acids is 1. The molecule has 0 saturated carbocycles. The van der Waals surface area contributed by atoms with Crippen LogP contribution in [-0.2, 0) is 11.2 Å². The standard InChI is InChI=1S/C10H15N3O2/c1-2-3-6-9-7(11-5-12-9)4-8(13-6)10(14)15/h5-6,8,13H,2-4H2,1H3,(H,11,12)(H,14,15)/t6?,8-/m1/s1. The average molecular weight is 209 g/mol. The zero-order valence-electron chi connectivity index (χ0n) is 8.66. The van der Waals surface area contributed by atoms with Crippen molar-refractivity contribution in [2.75, 3.05) is 0 Å². The zero-order valence-corrected chi connectivity index (χ0v) is 8.66. The number of hydrogen-bond acceptors (Lipinski definition) is 3. The van der Waals surface area contributed by atoms with Gasteiger partial charge in [0.1, 0.15) is 6.04 Å². The summed E-state index contributed by atoms with van der Waals surface area (Å²) in [5, 5.41) is 12.1. The van der Waals surface area contributed by atoms with Gasteiger partial charge in [0.15, 0.2) is 0 Å². The van der Waals surface area contributed by atoms with Crippen LogP contribution in [0.5, 0.6) is 0 Å². The fourth-order valence-electron chi connectivity index (χ4n) is 2.05. The summed E-state index contributed by atoms with van der Waals surface area (Å²) in [5.74, 6) is -0.795. The molecule has 3 N–H and O–H groups in total. The van der Waals surface area contributed by atoms with Gasteiger partial charge in [-0.15, -0.1) is 0 Å². The van der Waals surface area contributed by atoms with Gasteiger partial charge in [0.25, 0.3) is 0 Å². The number of aromatic nitrogens is 2. The van der Waals surface area contributed by atoms with E-state index in [1.54, 1.807) is 6.33 Å². The van der Waals surface area contributed by atoms with Crippen LogP contribution in [0.4, 0.5) is 0 Å². The molecule has 0 aromatic carbocycles. The Morgan fingerprint density at radius 1 is 1.73 bits per heavy atom. The van der Waals surface area contributed by atoms with Crippen molar-refractivity contribution >= 4 is 5.97 Å². The molecule has 2 heterocycles. The Morgan fingerprint density at radius 3 is 3.20 bits per heavy atom. The van der Waals surface area contributed by atoms with Gasteiger partial charge in [-0.2, -0.15) is 0 Å². The number of carbonyl (C=O) groups is 1. The summed E-state index contributed by atoms with van der Waals surface area (Å²) >= 11 is 0. The molecule has 1 aromatic rings. The van der Waals surface area contributed by atoms with Crippen LogP contribution in [0.2, 0.25) is 0 Å². The summed E-state index contributed by atoms with van der Waals surface area (Å²) in [7, 11) is 0. The highest BCUT2D eigenvalue weighted by Gasteiger charge is 2.31. The van der Waals surface area contributed by atoms with Crippen molar-refractivity contribution in [3.63, 3.8) is 0 Å². The molecule has 2 atom stereocenters. The Hall–Kier alpha value is -1.36. The van der Waals surface area contributed by atoms with Crippen molar-refractivity contribution in [2.24, 2.45) is 0 Å². The molecule has 82 valence electrons. The number of carboxylic acid groups (broad SMARTS) is 1. The third-order valence-electron chi connectivity index (χ3n) is 2.77. The van der Waals surface area contributed by atoms with Crippen molar-refractivity contribution < 1.29 is 9.90 Å². The highest BCUT2D eigenvalue weighted by Crippen LogP contribution is 2.25. The quantitative estimate of drug-likeness (QED) is 0.689. The van der Waals surface area contributed by atoms with Crippen LogP contribution in [0.25, 0.3) is 0 Å². The molecule has 5 nitrogen and oxygen atoms in total. The van der Waals surface area contributed by atoms with E-state index in [9.17, 15) is 4.79 Å². The molecule has 0 saturated heterocycles. The summed E-state index contributed by atoms with van der Waals surface area (Å²) in [5.41, 5.74) is 1.94. The van der Waals surface area contributed by atoms with Crippen LogP contribution < -0.4 is 5.32 Å². The number of carboxylic acids is 1. The molecule has 1 aliphatic rings.